The number of halogens is 1. The van der Waals surface area contributed by atoms with Gasteiger partial charge in [0, 0.05) is 23.0 Å². The number of nitrogens with one attached hydrogen (secondary N) is 2. The lowest BCUT2D eigenvalue weighted by Gasteiger charge is -2.05. The van der Waals surface area contributed by atoms with Gasteiger partial charge in [-0.05, 0) is 49.7 Å². The van der Waals surface area contributed by atoms with E-state index in [0.717, 1.165) is 15.9 Å². The smallest absolute Gasteiger partial charge is 0.240 e. The van der Waals surface area contributed by atoms with Crippen molar-refractivity contribution >= 4 is 39.6 Å². The SMILES string of the molecule is Cc1ccc(/C=N\NC(=O)CCCC(=O)Nc2ccc(Br)cc2)o1. The highest BCUT2D eigenvalue weighted by Crippen LogP contribution is 2.14. The van der Waals surface area contributed by atoms with Crippen LogP contribution in [0.1, 0.15) is 30.8 Å². The lowest BCUT2D eigenvalue weighted by Crippen LogP contribution is -2.18. The molecule has 2 aromatic rings. The molecule has 24 heavy (non-hydrogen) atoms. The third-order valence-corrected chi connectivity index (χ3v) is 3.61. The van der Waals surface area contributed by atoms with Gasteiger partial charge in [-0.2, -0.15) is 5.10 Å². The molecule has 0 saturated heterocycles. The van der Waals surface area contributed by atoms with Gasteiger partial charge in [0.1, 0.15) is 11.5 Å². The average molecular weight is 392 g/mol. The third kappa shape index (κ3) is 6.37. The van der Waals surface area contributed by atoms with E-state index in [-0.39, 0.29) is 24.7 Å². The molecule has 0 unspecified atom stereocenters. The van der Waals surface area contributed by atoms with Gasteiger partial charge >= 0.3 is 0 Å². The van der Waals surface area contributed by atoms with Gasteiger partial charge in [0.25, 0.3) is 0 Å². The number of hydrogen-bond acceptors (Lipinski definition) is 4. The largest absolute Gasteiger partial charge is 0.460 e. The van der Waals surface area contributed by atoms with Crippen molar-refractivity contribution in [2.45, 2.75) is 26.2 Å². The second-order valence-corrected chi connectivity index (χ2v) is 6.07. The fourth-order valence-corrected chi connectivity index (χ4v) is 2.18. The minimum absolute atomic E-state index is 0.125. The maximum Gasteiger partial charge on any atom is 0.240 e. The van der Waals surface area contributed by atoms with Crippen LogP contribution < -0.4 is 10.7 Å². The molecule has 0 fully saturated rings. The van der Waals surface area contributed by atoms with Gasteiger partial charge in [-0.3, -0.25) is 9.59 Å². The molecule has 0 spiro atoms. The van der Waals surface area contributed by atoms with Crippen LogP contribution in [-0.2, 0) is 9.59 Å². The van der Waals surface area contributed by atoms with Crippen LogP contribution in [0.2, 0.25) is 0 Å². The minimum Gasteiger partial charge on any atom is -0.460 e. The highest BCUT2D eigenvalue weighted by atomic mass is 79.9. The van der Waals surface area contributed by atoms with E-state index in [0.29, 0.717) is 12.2 Å². The highest BCUT2D eigenvalue weighted by Gasteiger charge is 2.05. The number of aryl methyl sites for hydroxylation is 1. The summed E-state index contributed by atoms with van der Waals surface area (Å²) >= 11 is 3.33. The number of furan rings is 1. The number of benzene rings is 1. The molecule has 2 N–H and O–H groups in total. The van der Waals surface area contributed by atoms with E-state index in [1.165, 1.54) is 6.21 Å². The topological polar surface area (TPSA) is 83.7 Å². The molecular weight excluding hydrogens is 374 g/mol. The van der Waals surface area contributed by atoms with E-state index in [1.54, 1.807) is 18.2 Å². The standard InChI is InChI=1S/C17H18BrN3O3/c1-12-5-10-15(24-12)11-19-21-17(23)4-2-3-16(22)20-14-8-6-13(18)7-9-14/h5-11H,2-4H2,1H3,(H,20,22)(H,21,23)/b19-11-. The molecule has 0 aliphatic carbocycles. The summed E-state index contributed by atoms with van der Waals surface area (Å²) in [7, 11) is 0. The number of hydrogen-bond donors (Lipinski definition) is 2. The van der Waals surface area contributed by atoms with Gasteiger partial charge in [-0.25, -0.2) is 5.43 Å². The zero-order chi connectivity index (χ0) is 17.4. The van der Waals surface area contributed by atoms with Crippen LogP contribution in [0.5, 0.6) is 0 Å². The van der Waals surface area contributed by atoms with Crippen LogP contribution in [-0.4, -0.2) is 18.0 Å². The van der Waals surface area contributed by atoms with Crippen LogP contribution in [0.25, 0.3) is 0 Å². The van der Waals surface area contributed by atoms with Crippen molar-refractivity contribution in [1.82, 2.24) is 5.43 Å². The predicted octanol–water partition coefficient (Wildman–Crippen LogP) is 3.61. The van der Waals surface area contributed by atoms with E-state index in [9.17, 15) is 9.59 Å². The summed E-state index contributed by atoms with van der Waals surface area (Å²) in [5.41, 5.74) is 3.13. The summed E-state index contributed by atoms with van der Waals surface area (Å²) in [6, 6.07) is 10.9. The first-order valence-electron chi connectivity index (χ1n) is 7.47. The summed E-state index contributed by atoms with van der Waals surface area (Å²) in [5.74, 6) is 0.979. The highest BCUT2D eigenvalue weighted by molar-refractivity contribution is 9.10. The zero-order valence-electron chi connectivity index (χ0n) is 13.2. The molecule has 0 saturated carbocycles. The van der Waals surface area contributed by atoms with Crippen LogP contribution in [0.15, 0.2) is 50.4 Å². The van der Waals surface area contributed by atoms with Crippen molar-refractivity contribution in [2.75, 3.05) is 5.32 Å². The molecule has 6 nitrogen and oxygen atoms in total. The molecule has 2 amide bonds. The molecule has 0 radical (unpaired) electrons. The molecular formula is C17H18BrN3O3. The molecule has 1 heterocycles. The van der Waals surface area contributed by atoms with E-state index in [1.807, 2.05) is 25.1 Å². The Kier molecular flexibility index (Phi) is 6.74. The van der Waals surface area contributed by atoms with Crippen molar-refractivity contribution in [3.05, 3.63) is 52.4 Å². The van der Waals surface area contributed by atoms with E-state index >= 15 is 0 Å². The zero-order valence-corrected chi connectivity index (χ0v) is 14.8. The van der Waals surface area contributed by atoms with Crippen molar-refractivity contribution < 1.29 is 14.0 Å². The molecule has 0 aliphatic rings. The van der Waals surface area contributed by atoms with E-state index in [2.05, 4.69) is 31.8 Å². The molecule has 1 aromatic carbocycles. The summed E-state index contributed by atoms with van der Waals surface area (Å²) in [4.78, 5) is 23.4. The van der Waals surface area contributed by atoms with Crippen molar-refractivity contribution in [3.63, 3.8) is 0 Å². The maximum absolute atomic E-state index is 11.8. The van der Waals surface area contributed by atoms with Gasteiger partial charge in [0.15, 0.2) is 0 Å². The Bertz CT molecular complexity index is 723. The number of anilines is 1. The normalized spacial score (nSPS) is 10.8. The van der Waals surface area contributed by atoms with Crippen LogP contribution in [0, 0.1) is 6.92 Å². The summed E-state index contributed by atoms with van der Waals surface area (Å²) < 4.78 is 6.23. The fourth-order valence-electron chi connectivity index (χ4n) is 1.91. The number of carbonyl (C=O) groups is 2. The lowest BCUT2D eigenvalue weighted by molar-refractivity contribution is -0.121. The average Bonchev–Trinajstić information content (AvgIpc) is 2.95. The van der Waals surface area contributed by atoms with Crippen molar-refractivity contribution in [2.24, 2.45) is 5.10 Å². The van der Waals surface area contributed by atoms with E-state index in [4.69, 9.17) is 4.42 Å². The number of rotatable bonds is 7. The Morgan fingerprint density at radius 3 is 2.50 bits per heavy atom. The Hall–Kier alpha value is -2.41. The molecule has 0 atom stereocenters. The Balaban J connectivity index is 1.64. The van der Waals surface area contributed by atoms with Crippen LogP contribution >= 0.6 is 15.9 Å². The summed E-state index contributed by atoms with van der Waals surface area (Å²) in [6.07, 6.45) is 2.38. The quantitative estimate of drug-likeness (QED) is 0.558. The Morgan fingerprint density at radius 2 is 1.83 bits per heavy atom. The van der Waals surface area contributed by atoms with Crippen LogP contribution in [0.4, 0.5) is 5.69 Å². The second-order valence-electron chi connectivity index (χ2n) is 5.15. The molecule has 7 heteroatoms. The Labute approximate surface area is 148 Å². The third-order valence-electron chi connectivity index (χ3n) is 3.08. The van der Waals surface area contributed by atoms with E-state index < -0.39 is 0 Å². The predicted molar refractivity (Wildman–Crippen MR) is 95.8 cm³/mol. The monoisotopic (exact) mass is 391 g/mol. The first-order valence-corrected chi connectivity index (χ1v) is 8.26. The van der Waals surface area contributed by atoms with Gasteiger partial charge in [0.05, 0.1) is 6.21 Å². The molecule has 0 aliphatic heterocycles. The molecule has 126 valence electrons. The summed E-state index contributed by atoms with van der Waals surface area (Å²) in [5, 5.41) is 6.58. The maximum atomic E-state index is 11.8. The second kappa shape index (κ2) is 9.02. The number of amides is 2. The number of nitrogens with zero attached hydrogens (tertiary/aromatic N) is 1. The number of carbonyl (C=O) groups excluding carboxylic acids is 2. The van der Waals surface area contributed by atoms with Gasteiger partial charge < -0.3 is 9.73 Å². The van der Waals surface area contributed by atoms with Gasteiger partial charge in [-0.15, -0.1) is 0 Å². The fraction of sp³-hybridized carbons (Fsp3) is 0.235. The molecule has 0 bridgehead atoms. The van der Waals surface area contributed by atoms with Gasteiger partial charge in [0.2, 0.25) is 11.8 Å². The summed E-state index contributed by atoms with van der Waals surface area (Å²) in [6.45, 7) is 1.83. The molecule has 2 rings (SSSR count). The van der Waals surface area contributed by atoms with Gasteiger partial charge in [-0.1, -0.05) is 15.9 Å². The Morgan fingerprint density at radius 1 is 1.12 bits per heavy atom. The first-order chi connectivity index (χ1) is 11.5. The van der Waals surface area contributed by atoms with Crippen molar-refractivity contribution in [1.29, 1.82) is 0 Å². The lowest BCUT2D eigenvalue weighted by atomic mass is 10.2. The van der Waals surface area contributed by atoms with Crippen LogP contribution in [0.3, 0.4) is 0 Å². The van der Waals surface area contributed by atoms with Crippen molar-refractivity contribution in [3.8, 4) is 0 Å². The molecule has 1 aromatic heterocycles. The number of hydrazone groups is 1. The first kappa shape index (κ1) is 17.9. The minimum atomic E-state index is -0.244.